The third-order valence-electron chi connectivity index (χ3n) is 4.11. The second kappa shape index (κ2) is 7.13. The summed E-state index contributed by atoms with van der Waals surface area (Å²) in [6.07, 6.45) is 3.37. The van der Waals surface area contributed by atoms with Crippen LogP contribution in [0.2, 0.25) is 0 Å². The second-order valence-electron chi connectivity index (χ2n) is 5.69. The first kappa shape index (κ1) is 15.3. The van der Waals surface area contributed by atoms with Crippen LogP contribution in [0.5, 0.6) is 0 Å². The summed E-state index contributed by atoms with van der Waals surface area (Å²) in [5.41, 5.74) is 1.77. The molecular weight excluding hydrogens is 280 g/mol. The van der Waals surface area contributed by atoms with Crippen molar-refractivity contribution in [1.29, 1.82) is 0 Å². The van der Waals surface area contributed by atoms with E-state index >= 15 is 0 Å². The Bertz CT molecular complexity index is 605. The van der Waals surface area contributed by atoms with Gasteiger partial charge in [0.15, 0.2) is 5.65 Å². The van der Waals surface area contributed by atoms with E-state index in [9.17, 15) is 0 Å². The minimum atomic E-state index is 0.682. The molecule has 7 nitrogen and oxygen atoms in total. The van der Waals surface area contributed by atoms with Gasteiger partial charge in [-0.3, -0.25) is 4.90 Å². The molecule has 0 amide bonds. The Morgan fingerprint density at radius 3 is 2.82 bits per heavy atom. The van der Waals surface area contributed by atoms with Crippen molar-refractivity contribution in [3.05, 3.63) is 18.3 Å². The third kappa shape index (κ3) is 3.43. The molecule has 3 rings (SSSR count). The van der Waals surface area contributed by atoms with Crippen molar-refractivity contribution in [2.45, 2.75) is 20.0 Å². The molecule has 22 heavy (non-hydrogen) atoms. The van der Waals surface area contributed by atoms with E-state index in [4.69, 9.17) is 9.72 Å². The van der Waals surface area contributed by atoms with Gasteiger partial charge in [-0.15, -0.1) is 0 Å². The summed E-state index contributed by atoms with van der Waals surface area (Å²) in [6.45, 7) is 9.45. The van der Waals surface area contributed by atoms with Gasteiger partial charge in [-0.25, -0.2) is 15.0 Å². The Labute approximate surface area is 130 Å². The van der Waals surface area contributed by atoms with Crippen molar-refractivity contribution in [3.8, 4) is 0 Å². The van der Waals surface area contributed by atoms with Crippen LogP contribution in [0.15, 0.2) is 12.5 Å². The number of fused-ring (bicyclic) bond motifs is 1. The number of likely N-dealkylation sites (N-methyl/N-ethyl adjacent to an activating group) is 1. The lowest BCUT2D eigenvalue weighted by Gasteiger charge is -2.32. The highest BCUT2D eigenvalue weighted by Crippen LogP contribution is 2.15. The summed E-state index contributed by atoms with van der Waals surface area (Å²) in [6, 6.07) is 0. The van der Waals surface area contributed by atoms with Gasteiger partial charge in [0, 0.05) is 39.3 Å². The average molecular weight is 304 g/mol. The van der Waals surface area contributed by atoms with Crippen LogP contribution < -0.4 is 0 Å². The molecule has 3 heterocycles. The number of nitrogens with zero attached hydrogens (tertiary/aromatic N) is 6. The molecule has 0 spiro atoms. The quantitative estimate of drug-likeness (QED) is 0.729. The van der Waals surface area contributed by atoms with Gasteiger partial charge in [-0.1, -0.05) is 0 Å². The fourth-order valence-electron chi connectivity index (χ4n) is 2.79. The Hall–Kier alpha value is -1.57. The van der Waals surface area contributed by atoms with Crippen LogP contribution in [0.3, 0.4) is 0 Å². The van der Waals surface area contributed by atoms with E-state index in [1.165, 1.54) is 0 Å². The SMILES string of the molecule is CCOCCn1c(CN2CCN(C)CC2)nc2cncnc21. The Balaban J connectivity index is 1.79. The first-order valence-corrected chi connectivity index (χ1v) is 7.91. The molecule has 0 saturated carbocycles. The van der Waals surface area contributed by atoms with Gasteiger partial charge in [0.25, 0.3) is 0 Å². The average Bonchev–Trinajstić information content (AvgIpc) is 2.88. The van der Waals surface area contributed by atoms with Crippen molar-refractivity contribution >= 4 is 11.2 Å². The van der Waals surface area contributed by atoms with Crippen LogP contribution in [0.4, 0.5) is 0 Å². The maximum absolute atomic E-state index is 5.50. The summed E-state index contributed by atoms with van der Waals surface area (Å²) < 4.78 is 7.67. The molecule has 1 saturated heterocycles. The van der Waals surface area contributed by atoms with Gasteiger partial charge in [-0.2, -0.15) is 0 Å². The molecule has 0 N–H and O–H groups in total. The first-order valence-electron chi connectivity index (χ1n) is 7.91. The molecular formula is C15H24N6O. The third-order valence-corrected chi connectivity index (χ3v) is 4.11. The molecule has 2 aromatic rings. The molecule has 7 heteroatoms. The number of ether oxygens (including phenoxy) is 1. The zero-order valence-corrected chi connectivity index (χ0v) is 13.4. The summed E-state index contributed by atoms with van der Waals surface area (Å²) >= 11 is 0. The smallest absolute Gasteiger partial charge is 0.163 e. The minimum absolute atomic E-state index is 0.682. The van der Waals surface area contributed by atoms with Crippen molar-refractivity contribution in [2.75, 3.05) is 46.4 Å². The van der Waals surface area contributed by atoms with Crippen LogP contribution in [-0.4, -0.2) is 75.8 Å². The van der Waals surface area contributed by atoms with Gasteiger partial charge in [-0.05, 0) is 14.0 Å². The van der Waals surface area contributed by atoms with E-state index in [1.54, 1.807) is 12.5 Å². The Kier molecular flexibility index (Phi) is 4.97. The van der Waals surface area contributed by atoms with E-state index in [0.29, 0.717) is 6.61 Å². The summed E-state index contributed by atoms with van der Waals surface area (Å²) in [7, 11) is 2.17. The zero-order chi connectivity index (χ0) is 15.4. The molecule has 2 aromatic heterocycles. The number of hydrogen-bond acceptors (Lipinski definition) is 6. The predicted octanol–water partition coefficient (Wildman–Crippen LogP) is 0.610. The lowest BCUT2D eigenvalue weighted by molar-refractivity contribution is 0.132. The topological polar surface area (TPSA) is 59.3 Å². The molecule has 0 aromatic carbocycles. The lowest BCUT2D eigenvalue weighted by Crippen LogP contribution is -2.44. The van der Waals surface area contributed by atoms with Crippen LogP contribution in [-0.2, 0) is 17.8 Å². The maximum atomic E-state index is 5.50. The Morgan fingerprint density at radius 2 is 2.05 bits per heavy atom. The highest BCUT2D eigenvalue weighted by Gasteiger charge is 2.18. The van der Waals surface area contributed by atoms with Gasteiger partial charge >= 0.3 is 0 Å². The van der Waals surface area contributed by atoms with Crippen molar-refractivity contribution < 1.29 is 4.74 Å². The maximum Gasteiger partial charge on any atom is 0.163 e. The fraction of sp³-hybridized carbons (Fsp3) is 0.667. The van der Waals surface area contributed by atoms with Crippen LogP contribution in [0.1, 0.15) is 12.7 Å². The second-order valence-corrected chi connectivity index (χ2v) is 5.69. The van der Waals surface area contributed by atoms with Crippen molar-refractivity contribution in [2.24, 2.45) is 0 Å². The predicted molar refractivity (Wildman–Crippen MR) is 84.6 cm³/mol. The molecule has 0 atom stereocenters. The molecule has 0 unspecified atom stereocenters. The van der Waals surface area contributed by atoms with Gasteiger partial charge in [0.05, 0.1) is 19.3 Å². The molecule has 1 aliphatic heterocycles. The number of rotatable bonds is 6. The highest BCUT2D eigenvalue weighted by atomic mass is 16.5. The fourth-order valence-corrected chi connectivity index (χ4v) is 2.79. The molecule has 0 radical (unpaired) electrons. The largest absolute Gasteiger partial charge is 0.380 e. The van der Waals surface area contributed by atoms with Crippen LogP contribution in [0, 0.1) is 0 Å². The van der Waals surface area contributed by atoms with E-state index in [0.717, 1.165) is 62.9 Å². The van der Waals surface area contributed by atoms with Gasteiger partial charge in [0.2, 0.25) is 0 Å². The van der Waals surface area contributed by atoms with E-state index in [-0.39, 0.29) is 0 Å². The Morgan fingerprint density at radius 1 is 1.23 bits per heavy atom. The molecule has 0 aliphatic carbocycles. The van der Waals surface area contributed by atoms with Crippen molar-refractivity contribution in [1.82, 2.24) is 29.3 Å². The first-order chi connectivity index (χ1) is 10.8. The van der Waals surface area contributed by atoms with Gasteiger partial charge in [0.1, 0.15) is 17.7 Å². The number of aromatic nitrogens is 4. The van der Waals surface area contributed by atoms with Crippen molar-refractivity contribution in [3.63, 3.8) is 0 Å². The molecule has 1 fully saturated rings. The van der Waals surface area contributed by atoms with Gasteiger partial charge < -0.3 is 14.2 Å². The van der Waals surface area contributed by atoms with E-state index in [1.807, 2.05) is 6.92 Å². The standard InChI is InChI=1S/C15H24N6O/c1-3-22-9-8-21-14(11-20-6-4-19(2)5-7-20)18-13-10-16-12-17-15(13)21/h10,12H,3-9,11H2,1-2H3. The van der Waals surface area contributed by atoms with E-state index < -0.39 is 0 Å². The normalized spacial score (nSPS) is 17.4. The molecule has 0 bridgehead atoms. The summed E-state index contributed by atoms with van der Waals surface area (Å²) in [4.78, 5) is 18.0. The monoisotopic (exact) mass is 304 g/mol. The summed E-state index contributed by atoms with van der Waals surface area (Å²) in [5.74, 6) is 1.06. The number of hydrogen-bond donors (Lipinski definition) is 0. The number of piperazine rings is 1. The number of imidazole rings is 1. The molecule has 120 valence electrons. The van der Waals surface area contributed by atoms with Crippen LogP contribution >= 0.6 is 0 Å². The minimum Gasteiger partial charge on any atom is -0.380 e. The summed E-state index contributed by atoms with van der Waals surface area (Å²) in [5, 5.41) is 0. The van der Waals surface area contributed by atoms with E-state index in [2.05, 4.69) is 31.4 Å². The van der Waals surface area contributed by atoms with Crippen LogP contribution in [0.25, 0.3) is 11.2 Å². The molecule has 1 aliphatic rings. The zero-order valence-electron chi connectivity index (χ0n) is 13.4. The lowest BCUT2D eigenvalue weighted by atomic mass is 10.3. The highest BCUT2D eigenvalue weighted by molar-refractivity contribution is 5.69.